The van der Waals surface area contributed by atoms with Crippen LogP contribution in [0.1, 0.15) is 12.0 Å². The molecule has 1 fully saturated rings. The second-order valence-electron chi connectivity index (χ2n) is 5.62. The SMILES string of the molecule is O=C(Cc1cccc(F)c1)NC1CC(=O)N(c2ccccc2)C1. The Morgan fingerprint density at radius 3 is 2.70 bits per heavy atom. The molecule has 0 aromatic heterocycles. The summed E-state index contributed by atoms with van der Waals surface area (Å²) in [5, 5.41) is 2.85. The molecule has 118 valence electrons. The summed E-state index contributed by atoms with van der Waals surface area (Å²) in [5.41, 5.74) is 1.45. The summed E-state index contributed by atoms with van der Waals surface area (Å²) in [4.78, 5) is 25.8. The van der Waals surface area contributed by atoms with Crippen molar-refractivity contribution < 1.29 is 14.0 Å². The highest BCUT2D eigenvalue weighted by molar-refractivity contribution is 5.96. The molecule has 0 aliphatic carbocycles. The van der Waals surface area contributed by atoms with E-state index in [4.69, 9.17) is 0 Å². The van der Waals surface area contributed by atoms with E-state index in [-0.39, 0.29) is 36.5 Å². The summed E-state index contributed by atoms with van der Waals surface area (Å²) in [6, 6.07) is 15.1. The first-order valence-corrected chi connectivity index (χ1v) is 7.51. The fourth-order valence-electron chi connectivity index (χ4n) is 2.77. The minimum absolute atomic E-state index is 0.00717. The number of para-hydroxylation sites is 1. The van der Waals surface area contributed by atoms with E-state index in [0.717, 1.165) is 5.69 Å². The zero-order chi connectivity index (χ0) is 16.2. The van der Waals surface area contributed by atoms with Crippen molar-refractivity contribution in [2.45, 2.75) is 18.9 Å². The third-order valence-corrected chi connectivity index (χ3v) is 3.81. The molecule has 1 N–H and O–H groups in total. The van der Waals surface area contributed by atoms with Crippen LogP contribution in [-0.2, 0) is 16.0 Å². The average molecular weight is 312 g/mol. The van der Waals surface area contributed by atoms with Crippen molar-refractivity contribution in [2.75, 3.05) is 11.4 Å². The molecule has 1 heterocycles. The third kappa shape index (κ3) is 3.74. The number of nitrogens with zero attached hydrogens (tertiary/aromatic N) is 1. The molecule has 0 radical (unpaired) electrons. The molecule has 1 aliphatic rings. The molecule has 0 saturated carbocycles. The van der Waals surface area contributed by atoms with Gasteiger partial charge in [-0.3, -0.25) is 9.59 Å². The van der Waals surface area contributed by atoms with Gasteiger partial charge < -0.3 is 10.2 Å². The zero-order valence-corrected chi connectivity index (χ0v) is 12.5. The lowest BCUT2D eigenvalue weighted by molar-refractivity contribution is -0.121. The van der Waals surface area contributed by atoms with Crippen LogP contribution in [0.3, 0.4) is 0 Å². The molecule has 23 heavy (non-hydrogen) atoms. The van der Waals surface area contributed by atoms with E-state index < -0.39 is 0 Å². The molecule has 2 aromatic carbocycles. The van der Waals surface area contributed by atoms with E-state index in [1.807, 2.05) is 30.3 Å². The average Bonchev–Trinajstić information content (AvgIpc) is 2.88. The number of halogens is 1. The van der Waals surface area contributed by atoms with E-state index in [9.17, 15) is 14.0 Å². The van der Waals surface area contributed by atoms with E-state index in [2.05, 4.69) is 5.32 Å². The van der Waals surface area contributed by atoms with Crippen LogP contribution in [0.15, 0.2) is 54.6 Å². The van der Waals surface area contributed by atoms with Crippen molar-refractivity contribution in [1.29, 1.82) is 0 Å². The van der Waals surface area contributed by atoms with Gasteiger partial charge in [0.05, 0.1) is 12.5 Å². The van der Waals surface area contributed by atoms with Crippen molar-refractivity contribution in [2.24, 2.45) is 0 Å². The van der Waals surface area contributed by atoms with Gasteiger partial charge in [0.1, 0.15) is 5.82 Å². The molecule has 0 spiro atoms. The fraction of sp³-hybridized carbons (Fsp3) is 0.222. The monoisotopic (exact) mass is 312 g/mol. The van der Waals surface area contributed by atoms with Gasteiger partial charge in [0.15, 0.2) is 0 Å². The number of amides is 2. The Morgan fingerprint density at radius 1 is 1.17 bits per heavy atom. The maximum Gasteiger partial charge on any atom is 0.229 e. The zero-order valence-electron chi connectivity index (χ0n) is 12.5. The number of hydrogen-bond acceptors (Lipinski definition) is 2. The van der Waals surface area contributed by atoms with Gasteiger partial charge in [-0.2, -0.15) is 0 Å². The van der Waals surface area contributed by atoms with E-state index in [1.165, 1.54) is 12.1 Å². The molecule has 0 bridgehead atoms. The van der Waals surface area contributed by atoms with Gasteiger partial charge in [-0.15, -0.1) is 0 Å². The van der Waals surface area contributed by atoms with Crippen LogP contribution < -0.4 is 10.2 Å². The molecule has 1 unspecified atom stereocenters. The predicted octanol–water partition coefficient (Wildman–Crippen LogP) is 2.29. The van der Waals surface area contributed by atoms with Crippen LogP contribution in [-0.4, -0.2) is 24.4 Å². The largest absolute Gasteiger partial charge is 0.351 e. The molecule has 4 nitrogen and oxygen atoms in total. The lowest BCUT2D eigenvalue weighted by Crippen LogP contribution is -2.38. The molecule has 2 amide bonds. The van der Waals surface area contributed by atoms with Crippen molar-refractivity contribution >= 4 is 17.5 Å². The second-order valence-corrected chi connectivity index (χ2v) is 5.62. The molecule has 5 heteroatoms. The van der Waals surface area contributed by atoms with Crippen LogP contribution in [0.4, 0.5) is 10.1 Å². The number of nitrogens with one attached hydrogen (secondary N) is 1. The topological polar surface area (TPSA) is 49.4 Å². The van der Waals surface area contributed by atoms with Gasteiger partial charge in [-0.05, 0) is 29.8 Å². The van der Waals surface area contributed by atoms with Gasteiger partial charge in [-0.25, -0.2) is 4.39 Å². The summed E-state index contributed by atoms with van der Waals surface area (Å²) < 4.78 is 13.1. The number of anilines is 1. The number of rotatable bonds is 4. The molecule has 1 aliphatic heterocycles. The highest BCUT2D eigenvalue weighted by Crippen LogP contribution is 2.21. The normalized spacial score (nSPS) is 17.3. The van der Waals surface area contributed by atoms with Crippen LogP contribution >= 0.6 is 0 Å². The molecular weight excluding hydrogens is 295 g/mol. The predicted molar refractivity (Wildman–Crippen MR) is 85.4 cm³/mol. The summed E-state index contributed by atoms with van der Waals surface area (Å²) in [7, 11) is 0. The van der Waals surface area contributed by atoms with Crippen molar-refractivity contribution in [1.82, 2.24) is 5.32 Å². The van der Waals surface area contributed by atoms with Crippen LogP contribution in [0.5, 0.6) is 0 Å². The molecule has 2 aromatic rings. The summed E-state index contributed by atoms with van der Waals surface area (Å²) >= 11 is 0. The van der Waals surface area contributed by atoms with E-state index in [0.29, 0.717) is 12.1 Å². The number of carbonyl (C=O) groups is 2. The Balaban J connectivity index is 1.59. The van der Waals surface area contributed by atoms with Crippen LogP contribution in [0.2, 0.25) is 0 Å². The molecular formula is C18H17FN2O2. The second kappa shape index (κ2) is 6.60. The Labute approximate surface area is 133 Å². The van der Waals surface area contributed by atoms with Gasteiger partial charge >= 0.3 is 0 Å². The maximum absolute atomic E-state index is 13.1. The molecule has 1 saturated heterocycles. The van der Waals surface area contributed by atoms with Crippen molar-refractivity contribution in [3.05, 3.63) is 66.0 Å². The van der Waals surface area contributed by atoms with Gasteiger partial charge in [0, 0.05) is 18.7 Å². The van der Waals surface area contributed by atoms with Gasteiger partial charge in [0.2, 0.25) is 11.8 Å². The maximum atomic E-state index is 13.1. The van der Waals surface area contributed by atoms with Gasteiger partial charge in [0.25, 0.3) is 0 Å². The first-order valence-electron chi connectivity index (χ1n) is 7.51. The summed E-state index contributed by atoms with van der Waals surface area (Å²) in [6.45, 7) is 0.456. The Kier molecular flexibility index (Phi) is 4.37. The van der Waals surface area contributed by atoms with Gasteiger partial charge in [-0.1, -0.05) is 30.3 Å². The lowest BCUT2D eigenvalue weighted by Gasteiger charge is -2.17. The molecule has 3 rings (SSSR count). The van der Waals surface area contributed by atoms with Crippen molar-refractivity contribution in [3.8, 4) is 0 Å². The first-order chi connectivity index (χ1) is 11.1. The standard InChI is InChI=1S/C18H17FN2O2/c19-14-6-4-5-13(9-14)10-17(22)20-15-11-18(23)21(12-15)16-7-2-1-3-8-16/h1-9,15H,10-12H2,(H,20,22). The Morgan fingerprint density at radius 2 is 1.96 bits per heavy atom. The highest BCUT2D eigenvalue weighted by atomic mass is 19.1. The number of hydrogen-bond donors (Lipinski definition) is 1. The van der Waals surface area contributed by atoms with E-state index in [1.54, 1.807) is 17.0 Å². The first kappa shape index (κ1) is 15.2. The highest BCUT2D eigenvalue weighted by Gasteiger charge is 2.31. The minimum Gasteiger partial charge on any atom is -0.351 e. The molecule has 1 atom stereocenters. The minimum atomic E-state index is -0.360. The third-order valence-electron chi connectivity index (χ3n) is 3.81. The Hall–Kier alpha value is -2.69. The lowest BCUT2D eigenvalue weighted by atomic mass is 10.1. The smallest absolute Gasteiger partial charge is 0.229 e. The number of benzene rings is 2. The van der Waals surface area contributed by atoms with E-state index >= 15 is 0 Å². The quantitative estimate of drug-likeness (QED) is 0.942. The fourth-order valence-corrected chi connectivity index (χ4v) is 2.77. The number of carbonyl (C=O) groups excluding carboxylic acids is 2. The Bertz CT molecular complexity index is 718. The summed E-state index contributed by atoms with van der Waals surface area (Å²) in [5.74, 6) is -0.572. The van der Waals surface area contributed by atoms with Crippen LogP contribution in [0, 0.1) is 5.82 Å². The summed E-state index contributed by atoms with van der Waals surface area (Å²) in [6.07, 6.45) is 0.386. The van der Waals surface area contributed by atoms with Crippen molar-refractivity contribution in [3.63, 3.8) is 0 Å². The van der Waals surface area contributed by atoms with Crippen LogP contribution in [0.25, 0.3) is 0 Å².